The molecule has 1 N–H and O–H groups in total. The van der Waals surface area contributed by atoms with Gasteiger partial charge in [0.1, 0.15) is 0 Å². The molecule has 2 aromatic rings. The molecule has 1 aliphatic heterocycles. The van der Waals surface area contributed by atoms with Crippen LogP contribution in [0.4, 0.5) is 5.69 Å². The average molecular weight is 424 g/mol. The number of carbonyl (C=O) groups excluding carboxylic acids is 1. The monoisotopic (exact) mass is 423 g/mol. The van der Waals surface area contributed by atoms with Gasteiger partial charge in [-0.05, 0) is 37.5 Å². The number of halogens is 2. The van der Waals surface area contributed by atoms with E-state index >= 15 is 0 Å². The number of nitrogens with zero attached hydrogens (tertiary/aromatic N) is 2. The molecular weight excluding hydrogens is 393 g/mol. The Bertz CT molecular complexity index is 737. The predicted octanol–water partition coefficient (Wildman–Crippen LogP) is 4.21. The van der Waals surface area contributed by atoms with Crippen LogP contribution in [-0.2, 0) is 11.3 Å². The predicted molar refractivity (Wildman–Crippen MR) is 122 cm³/mol. The first kappa shape index (κ1) is 24.4. The molecule has 0 aliphatic carbocycles. The Balaban J connectivity index is 0.00000196. The molecule has 0 radical (unpaired) electrons. The highest BCUT2D eigenvalue weighted by Gasteiger charge is 2.19. The van der Waals surface area contributed by atoms with Crippen LogP contribution in [0.2, 0.25) is 0 Å². The summed E-state index contributed by atoms with van der Waals surface area (Å²) in [4.78, 5) is 17.2. The van der Waals surface area contributed by atoms with E-state index in [0.717, 1.165) is 49.5 Å². The maximum Gasteiger partial charge on any atom is 0.238 e. The Hall–Kier alpha value is -1.59. The highest BCUT2D eigenvalue weighted by molar-refractivity contribution is 5.93. The van der Waals surface area contributed by atoms with Crippen LogP contribution in [0.25, 0.3) is 0 Å². The largest absolute Gasteiger partial charge is 0.324 e. The Morgan fingerprint density at radius 2 is 1.43 bits per heavy atom. The second-order valence-corrected chi connectivity index (χ2v) is 7.36. The van der Waals surface area contributed by atoms with Crippen LogP contribution in [0, 0.1) is 20.8 Å². The minimum Gasteiger partial charge on any atom is -0.324 e. The Morgan fingerprint density at radius 3 is 2.00 bits per heavy atom. The molecule has 1 fully saturated rings. The molecule has 0 aromatic heterocycles. The molecule has 0 spiro atoms. The minimum absolute atomic E-state index is 0. The van der Waals surface area contributed by atoms with E-state index in [1.54, 1.807) is 0 Å². The lowest BCUT2D eigenvalue weighted by Gasteiger charge is -2.34. The number of nitrogens with one attached hydrogen (secondary N) is 1. The van der Waals surface area contributed by atoms with Crippen LogP contribution in [0.3, 0.4) is 0 Å². The summed E-state index contributed by atoms with van der Waals surface area (Å²) < 4.78 is 0. The van der Waals surface area contributed by atoms with Crippen LogP contribution < -0.4 is 5.32 Å². The third-order valence-electron chi connectivity index (χ3n) is 5.02. The number of rotatable bonds is 5. The molecule has 28 heavy (non-hydrogen) atoms. The highest BCUT2D eigenvalue weighted by Crippen LogP contribution is 2.22. The van der Waals surface area contributed by atoms with Crippen LogP contribution in [-0.4, -0.2) is 48.4 Å². The molecule has 0 saturated carbocycles. The minimum atomic E-state index is 0. The molecular formula is C22H31Cl2N3O. The van der Waals surface area contributed by atoms with Crippen molar-refractivity contribution in [3.63, 3.8) is 0 Å². The Labute approximate surface area is 181 Å². The van der Waals surface area contributed by atoms with E-state index in [1.165, 1.54) is 11.1 Å². The number of anilines is 1. The van der Waals surface area contributed by atoms with E-state index in [-0.39, 0.29) is 30.7 Å². The summed E-state index contributed by atoms with van der Waals surface area (Å²) >= 11 is 0. The number of hydrogen-bond acceptors (Lipinski definition) is 3. The second-order valence-electron chi connectivity index (χ2n) is 7.36. The molecule has 3 rings (SSSR count). The van der Waals surface area contributed by atoms with Crippen molar-refractivity contribution in [1.82, 2.24) is 9.80 Å². The van der Waals surface area contributed by atoms with Crippen molar-refractivity contribution in [3.05, 3.63) is 64.7 Å². The maximum atomic E-state index is 12.5. The smallest absolute Gasteiger partial charge is 0.238 e. The number of carbonyl (C=O) groups is 1. The summed E-state index contributed by atoms with van der Waals surface area (Å²) in [5.74, 6) is 0.0802. The van der Waals surface area contributed by atoms with Crippen molar-refractivity contribution in [1.29, 1.82) is 0 Å². The van der Waals surface area contributed by atoms with E-state index in [1.807, 2.05) is 0 Å². The third kappa shape index (κ3) is 6.78. The van der Waals surface area contributed by atoms with Crippen molar-refractivity contribution >= 4 is 36.4 Å². The van der Waals surface area contributed by atoms with Gasteiger partial charge in [-0.2, -0.15) is 0 Å². The topological polar surface area (TPSA) is 35.6 Å². The van der Waals surface area contributed by atoms with E-state index < -0.39 is 0 Å². The van der Waals surface area contributed by atoms with Crippen LogP contribution >= 0.6 is 24.8 Å². The molecule has 1 aliphatic rings. The van der Waals surface area contributed by atoms with Gasteiger partial charge < -0.3 is 5.32 Å². The van der Waals surface area contributed by atoms with Crippen molar-refractivity contribution in [3.8, 4) is 0 Å². The van der Waals surface area contributed by atoms with Crippen molar-refractivity contribution < 1.29 is 4.79 Å². The summed E-state index contributed by atoms with van der Waals surface area (Å²) in [5.41, 5.74) is 5.80. The van der Waals surface area contributed by atoms with Gasteiger partial charge in [-0.1, -0.05) is 48.0 Å². The van der Waals surface area contributed by atoms with Crippen LogP contribution in [0.1, 0.15) is 22.3 Å². The van der Waals surface area contributed by atoms with Crippen LogP contribution in [0.5, 0.6) is 0 Å². The normalized spacial score (nSPS) is 14.7. The van der Waals surface area contributed by atoms with E-state index in [4.69, 9.17) is 0 Å². The lowest BCUT2D eigenvalue weighted by molar-refractivity contribution is -0.117. The lowest BCUT2D eigenvalue weighted by atomic mass is 10.1. The molecule has 0 bridgehead atoms. The maximum absolute atomic E-state index is 12.5. The fraction of sp³-hybridized carbons (Fsp3) is 0.409. The zero-order valence-corrected chi connectivity index (χ0v) is 18.5. The number of aryl methyl sites for hydroxylation is 3. The van der Waals surface area contributed by atoms with Gasteiger partial charge in [-0.3, -0.25) is 14.6 Å². The van der Waals surface area contributed by atoms with Crippen molar-refractivity contribution in [2.75, 3.05) is 38.0 Å². The lowest BCUT2D eigenvalue weighted by Crippen LogP contribution is -2.48. The number of hydrogen-bond donors (Lipinski definition) is 1. The van der Waals surface area contributed by atoms with Crippen molar-refractivity contribution in [2.45, 2.75) is 27.3 Å². The Kier molecular flexibility index (Phi) is 9.97. The summed E-state index contributed by atoms with van der Waals surface area (Å²) in [6, 6.07) is 14.8. The first-order valence-electron chi connectivity index (χ1n) is 9.37. The van der Waals surface area contributed by atoms with Crippen LogP contribution in [0.15, 0.2) is 42.5 Å². The first-order chi connectivity index (χ1) is 12.5. The third-order valence-corrected chi connectivity index (χ3v) is 5.02. The second kappa shape index (κ2) is 11.4. The van der Waals surface area contributed by atoms with Crippen molar-refractivity contribution in [2.24, 2.45) is 0 Å². The van der Waals surface area contributed by atoms with Gasteiger partial charge in [-0.15, -0.1) is 24.8 Å². The number of piperazine rings is 1. The molecule has 0 unspecified atom stereocenters. The quantitative estimate of drug-likeness (QED) is 0.781. The van der Waals surface area contributed by atoms with Gasteiger partial charge in [-0.25, -0.2) is 0 Å². The summed E-state index contributed by atoms with van der Waals surface area (Å²) in [6.07, 6.45) is 0. The zero-order chi connectivity index (χ0) is 18.5. The number of amides is 1. The standard InChI is InChI=1S/C22H29N3O.2ClH/c1-17-13-18(2)22(19(3)14-17)23-21(26)16-25-11-9-24(10-12-25)15-20-7-5-4-6-8-20;;/h4-8,13-14H,9-12,15-16H2,1-3H3,(H,23,26);2*1H. The molecule has 4 nitrogen and oxygen atoms in total. The first-order valence-corrected chi connectivity index (χ1v) is 9.37. The van der Waals surface area contributed by atoms with Gasteiger partial charge >= 0.3 is 0 Å². The van der Waals surface area contributed by atoms with Gasteiger partial charge in [0, 0.05) is 38.4 Å². The summed E-state index contributed by atoms with van der Waals surface area (Å²) in [5, 5.41) is 3.11. The van der Waals surface area contributed by atoms with E-state index in [0.29, 0.717) is 6.54 Å². The van der Waals surface area contributed by atoms with Gasteiger partial charge in [0.15, 0.2) is 0 Å². The zero-order valence-electron chi connectivity index (χ0n) is 16.9. The SMILES string of the molecule is Cc1cc(C)c(NC(=O)CN2CCN(Cc3ccccc3)CC2)c(C)c1.Cl.Cl. The number of benzene rings is 2. The van der Waals surface area contributed by atoms with Gasteiger partial charge in [0.25, 0.3) is 0 Å². The molecule has 2 aromatic carbocycles. The molecule has 1 amide bonds. The Morgan fingerprint density at radius 1 is 0.893 bits per heavy atom. The average Bonchev–Trinajstić information content (AvgIpc) is 2.61. The molecule has 154 valence electrons. The molecule has 1 saturated heterocycles. The fourth-order valence-electron chi connectivity index (χ4n) is 3.71. The molecule has 1 heterocycles. The fourth-order valence-corrected chi connectivity index (χ4v) is 3.71. The van der Waals surface area contributed by atoms with E-state index in [9.17, 15) is 4.79 Å². The molecule has 0 atom stereocenters. The van der Waals surface area contributed by atoms with E-state index in [2.05, 4.69) is 78.4 Å². The van der Waals surface area contributed by atoms with Gasteiger partial charge in [0.05, 0.1) is 6.54 Å². The highest BCUT2D eigenvalue weighted by atomic mass is 35.5. The summed E-state index contributed by atoms with van der Waals surface area (Å²) in [7, 11) is 0. The molecule has 6 heteroatoms. The summed E-state index contributed by atoms with van der Waals surface area (Å²) in [6.45, 7) is 11.5. The van der Waals surface area contributed by atoms with Gasteiger partial charge in [0.2, 0.25) is 5.91 Å².